The molecule has 8 nitrogen and oxygen atoms in total. The fourth-order valence-electron chi connectivity index (χ4n) is 2.37. The summed E-state index contributed by atoms with van der Waals surface area (Å²) in [6.07, 6.45) is -4.51. The molecule has 0 unspecified atom stereocenters. The van der Waals surface area contributed by atoms with Crippen LogP contribution in [0.4, 0.5) is 13.2 Å². The first-order chi connectivity index (χ1) is 13.4. The average molecular weight is 451 g/mol. The second-order valence-corrected chi connectivity index (χ2v) is 7.34. The van der Waals surface area contributed by atoms with Gasteiger partial charge in [-0.1, -0.05) is 11.6 Å². The van der Waals surface area contributed by atoms with Gasteiger partial charge < -0.3 is 8.94 Å². The highest BCUT2D eigenvalue weighted by molar-refractivity contribution is 7.46. The molecule has 0 aliphatic carbocycles. The van der Waals surface area contributed by atoms with Gasteiger partial charge in [-0.25, -0.2) is 9.36 Å². The molecule has 0 aliphatic heterocycles. The minimum Gasteiger partial charge on any atom is -0.404 e. The van der Waals surface area contributed by atoms with E-state index in [9.17, 15) is 22.5 Å². The number of alkyl halides is 3. The maximum atomic E-state index is 12.6. The molecule has 3 rings (SSSR count). The molecule has 0 aliphatic rings. The fourth-order valence-corrected chi connectivity index (χ4v) is 3.00. The number of benzene rings is 2. The van der Waals surface area contributed by atoms with Crippen molar-refractivity contribution in [2.75, 3.05) is 0 Å². The molecule has 0 fully saturated rings. The number of nitrogens with zero attached hydrogens (tertiary/aromatic N) is 2. The Bertz CT molecular complexity index is 1140. The molecule has 1 aromatic heterocycles. The van der Waals surface area contributed by atoms with E-state index in [-0.39, 0.29) is 34.3 Å². The second-order valence-electron chi connectivity index (χ2n) is 5.74. The SMILES string of the molecule is O=c1oc(-c2ccc(C(F)(F)F)cc2)nn1Cc1cc(Cl)ccc1OP(=O)(O)O. The fraction of sp³-hybridized carbons (Fsp3) is 0.125. The van der Waals surface area contributed by atoms with Gasteiger partial charge in [0.15, 0.2) is 0 Å². The minimum atomic E-state index is -4.87. The third kappa shape index (κ3) is 5.27. The number of phosphoric ester groups is 1. The normalized spacial score (nSPS) is 12.2. The van der Waals surface area contributed by atoms with Gasteiger partial charge in [0.2, 0.25) is 5.89 Å². The number of rotatable bonds is 5. The van der Waals surface area contributed by atoms with E-state index in [1.165, 1.54) is 18.2 Å². The van der Waals surface area contributed by atoms with Gasteiger partial charge in [-0.05, 0) is 42.5 Å². The summed E-state index contributed by atoms with van der Waals surface area (Å²) in [6.45, 7) is -0.321. The summed E-state index contributed by atoms with van der Waals surface area (Å²) in [5.41, 5.74) is -0.622. The lowest BCUT2D eigenvalue weighted by molar-refractivity contribution is -0.137. The van der Waals surface area contributed by atoms with Crippen LogP contribution in [0.25, 0.3) is 11.5 Å². The molecule has 29 heavy (non-hydrogen) atoms. The summed E-state index contributed by atoms with van der Waals surface area (Å²) in [5, 5.41) is 4.10. The van der Waals surface area contributed by atoms with Crippen molar-refractivity contribution in [2.45, 2.75) is 12.7 Å². The van der Waals surface area contributed by atoms with E-state index >= 15 is 0 Å². The van der Waals surface area contributed by atoms with Crippen LogP contribution in [0.1, 0.15) is 11.1 Å². The number of hydrogen-bond acceptors (Lipinski definition) is 5. The van der Waals surface area contributed by atoms with E-state index in [1.807, 2.05) is 0 Å². The van der Waals surface area contributed by atoms with Gasteiger partial charge in [0.25, 0.3) is 0 Å². The third-order valence-corrected chi connectivity index (χ3v) is 4.29. The first-order valence-electron chi connectivity index (χ1n) is 7.71. The highest BCUT2D eigenvalue weighted by Crippen LogP contribution is 2.40. The van der Waals surface area contributed by atoms with Crippen LogP contribution in [-0.4, -0.2) is 19.6 Å². The summed E-state index contributed by atoms with van der Waals surface area (Å²) >= 11 is 5.87. The van der Waals surface area contributed by atoms with E-state index in [2.05, 4.69) is 9.62 Å². The first-order valence-corrected chi connectivity index (χ1v) is 9.62. The number of aromatic nitrogens is 2. The molecule has 0 saturated heterocycles. The summed E-state index contributed by atoms with van der Waals surface area (Å²) in [5.74, 6) is -1.40. The van der Waals surface area contributed by atoms with Crippen LogP contribution in [0.2, 0.25) is 5.02 Å². The van der Waals surface area contributed by atoms with E-state index in [1.54, 1.807) is 0 Å². The molecule has 2 N–H and O–H groups in total. The largest absolute Gasteiger partial charge is 0.524 e. The number of halogens is 4. The van der Waals surface area contributed by atoms with Crippen LogP contribution in [0.5, 0.6) is 5.75 Å². The zero-order chi connectivity index (χ0) is 21.4. The second kappa shape index (κ2) is 7.68. The number of phosphoric acid groups is 1. The smallest absolute Gasteiger partial charge is 0.404 e. The van der Waals surface area contributed by atoms with Crippen molar-refractivity contribution in [2.24, 2.45) is 0 Å². The molecular weight excluding hydrogens is 440 g/mol. The monoisotopic (exact) mass is 450 g/mol. The lowest BCUT2D eigenvalue weighted by Crippen LogP contribution is -2.17. The van der Waals surface area contributed by atoms with Crippen LogP contribution < -0.4 is 10.3 Å². The Balaban J connectivity index is 1.91. The summed E-state index contributed by atoms with van der Waals surface area (Å²) in [6, 6.07) is 7.67. The molecule has 0 radical (unpaired) electrons. The van der Waals surface area contributed by atoms with E-state index in [4.69, 9.17) is 25.8 Å². The Morgan fingerprint density at radius 1 is 1.17 bits per heavy atom. The Hall–Kier alpha value is -2.59. The molecule has 13 heteroatoms. The van der Waals surface area contributed by atoms with Crippen molar-refractivity contribution >= 4 is 19.4 Å². The summed E-state index contributed by atoms with van der Waals surface area (Å²) in [7, 11) is -4.87. The van der Waals surface area contributed by atoms with Crippen LogP contribution in [0.3, 0.4) is 0 Å². The van der Waals surface area contributed by atoms with Gasteiger partial charge in [-0.15, -0.1) is 5.10 Å². The van der Waals surface area contributed by atoms with E-state index < -0.39 is 25.3 Å². The molecule has 2 aromatic carbocycles. The average Bonchev–Trinajstić information content (AvgIpc) is 2.96. The van der Waals surface area contributed by atoms with Gasteiger partial charge in [-0.3, -0.25) is 9.79 Å². The molecular formula is C16H11ClF3N2O6P. The van der Waals surface area contributed by atoms with Gasteiger partial charge in [0.05, 0.1) is 12.1 Å². The first kappa shape index (κ1) is 21.1. The predicted molar refractivity (Wildman–Crippen MR) is 94.4 cm³/mol. The number of hydrogen-bond donors (Lipinski definition) is 2. The van der Waals surface area contributed by atoms with Crippen molar-refractivity contribution in [3.8, 4) is 17.2 Å². The van der Waals surface area contributed by atoms with Crippen molar-refractivity contribution in [3.63, 3.8) is 0 Å². The highest BCUT2D eigenvalue weighted by atomic mass is 35.5. The maximum absolute atomic E-state index is 12.6. The van der Waals surface area contributed by atoms with Crippen LogP contribution in [-0.2, 0) is 17.3 Å². The molecule has 3 aromatic rings. The van der Waals surface area contributed by atoms with Crippen LogP contribution >= 0.6 is 19.4 Å². The highest BCUT2D eigenvalue weighted by Gasteiger charge is 2.30. The molecule has 154 valence electrons. The molecule has 0 spiro atoms. The Morgan fingerprint density at radius 3 is 2.41 bits per heavy atom. The van der Waals surface area contributed by atoms with E-state index in [0.29, 0.717) is 0 Å². The zero-order valence-corrected chi connectivity index (χ0v) is 15.8. The lowest BCUT2D eigenvalue weighted by atomic mass is 10.1. The lowest BCUT2D eigenvalue weighted by Gasteiger charge is -2.11. The molecule has 0 atom stereocenters. The van der Waals surface area contributed by atoms with Gasteiger partial charge in [-0.2, -0.15) is 17.9 Å². The van der Waals surface area contributed by atoms with Crippen LogP contribution in [0.15, 0.2) is 51.7 Å². The van der Waals surface area contributed by atoms with Crippen molar-refractivity contribution in [1.82, 2.24) is 9.78 Å². The van der Waals surface area contributed by atoms with Gasteiger partial charge >= 0.3 is 19.8 Å². The molecule has 1 heterocycles. The topological polar surface area (TPSA) is 115 Å². The van der Waals surface area contributed by atoms with Gasteiger partial charge in [0.1, 0.15) is 5.75 Å². The maximum Gasteiger partial charge on any atom is 0.524 e. The summed E-state index contributed by atoms with van der Waals surface area (Å²) in [4.78, 5) is 30.0. The predicted octanol–water partition coefficient (Wildman–Crippen LogP) is 3.70. The standard InChI is InChI=1S/C16H11ClF3N2O6P/c17-12-5-6-13(28-29(24,25)26)10(7-12)8-22-15(23)27-14(21-22)9-1-3-11(4-2-9)16(18,19)20/h1-7H,8H2,(H2,24,25,26). The Labute approximate surface area is 165 Å². The zero-order valence-electron chi connectivity index (χ0n) is 14.1. The van der Waals surface area contributed by atoms with Crippen LogP contribution in [0, 0.1) is 0 Å². The molecule has 0 amide bonds. The Morgan fingerprint density at radius 2 is 1.83 bits per heavy atom. The Kier molecular flexibility index (Phi) is 5.59. The quantitative estimate of drug-likeness (QED) is 0.570. The minimum absolute atomic E-state index is 0.121. The summed E-state index contributed by atoms with van der Waals surface area (Å²) < 4.78 is 59.4. The van der Waals surface area contributed by atoms with Gasteiger partial charge in [0, 0.05) is 16.1 Å². The third-order valence-electron chi connectivity index (χ3n) is 3.63. The molecule has 0 bridgehead atoms. The van der Waals surface area contributed by atoms with Crippen molar-refractivity contribution < 1.29 is 36.5 Å². The van der Waals surface area contributed by atoms with Crippen molar-refractivity contribution in [1.29, 1.82) is 0 Å². The van der Waals surface area contributed by atoms with E-state index in [0.717, 1.165) is 28.9 Å². The van der Waals surface area contributed by atoms with Crippen molar-refractivity contribution in [3.05, 3.63) is 69.2 Å². The molecule has 0 saturated carbocycles.